The van der Waals surface area contributed by atoms with Crippen molar-refractivity contribution in [3.63, 3.8) is 0 Å². The van der Waals surface area contributed by atoms with Crippen molar-refractivity contribution in [3.05, 3.63) is 29.8 Å². The molecule has 1 amide bonds. The SMILES string of the molecule is CC(CN)N(C)C(=O)c1ccc(S(C)(=O)=O)cc1.Cl. The predicted molar refractivity (Wildman–Crippen MR) is 77.4 cm³/mol. The van der Waals surface area contributed by atoms with Crippen molar-refractivity contribution in [2.75, 3.05) is 19.8 Å². The van der Waals surface area contributed by atoms with Gasteiger partial charge >= 0.3 is 0 Å². The molecule has 1 unspecified atom stereocenters. The Morgan fingerprint density at radius 1 is 1.32 bits per heavy atom. The van der Waals surface area contributed by atoms with E-state index < -0.39 is 9.84 Å². The summed E-state index contributed by atoms with van der Waals surface area (Å²) >= 11 is 0. The van der Waals surface area contributed by atoms with Gasteiger partial charge in [0.2, 0.25) is 0 Å². The van der Waals surface area contributed by atoms with Crippen molar-refractivity contribution in [3.8, 4) is 0 Å². The molecular formula is C12H19ClN2O3S. The molecular weight excluding hydrogens is 288 g/mol. The van der Waals surface area contributed by atoms with Gasteiger partial charge < -0.3 is 10.6 Å². The van der Waals surface area contributed by atoms with Gasteiger partial charge in [0.1, 0.15) is 0 Å². The molecule has 0 saturated heterocycles. The van der Waals surface area contributed by atoms with Gasteiger partial charge in [-0.2, -0.15) is 0 Å². The number of nitrogens with zero attached hydrogens (tertiary/aromatic N) is 1. The number of hydrogen-bond acceptors (Lipinski definition) is 4. The van der Waals surface area contributed by atoms with Crippen LogP contribution in [-0.4, -0.2) is 45.1 Å². The molecule has 0 aliphatic carbocycles. The van der Waals surface area contributed by atoms with E-state index in [-0.39, 0.29) is 29.3 Å². The molecule has 0 aliphatic heterocycles. The molecule has 1 aromatic carbocycles. The van der Waals surface area contributed by atoms with Crippen LogP contribution < -0.4 is 5.73 Å². The third kappa shape index (κ3) is 4.49. The number of likely N-dealkylation sites (N-methyl/N-ethyl adjacent to an activating group) is 1. The lowest BCUT2D eigenvalue weighted by Gasteiger charge is -2.23. The van der Waals surface area contributed by atoms with E-state index in [1.54, 1.807) is 7.05 Å². The van der Waals surface area contributed by atoms with E-state index in [0.29, 0.717) is 12.1 Å². The van der Waals surface area contributed by atoms with Crippen LogP contribution in [0.1, 0.15) is 17.3 Å². The molecule has 0 saturated carbocycles. The van der Waals surface area contributed by atoms with Crippen LogP contribution in [-0.2, 0) is 9.84 Å². The van der Waals surface area contributed by atoms with E-state index in [1.165, 1.54) is 29.2 Å². The number of nitrogens with two attached hydrogens (primary N) is 1. The Labute approximate surface area is 120 Å². The maximum absolute atomic E-state index is 12.0. The van der Waals surface area contributed by atoms with Crippen molar-refractivity contribution >= 4 is 28.2 Å². The molecule has 0 fully saturated rings. The van der Waals surface area contributed by atoms with Crippen molar-refractivity contribution < 1.29 is 13.2 Å². The maximum atomic E-state index is 12.0. The summed E-state index contributed by atoms with van der Waals surface area (Å²) in [6.07, 6.45) is 1.13. The number of carbonyl (C=O) groups is 1. The van der Waals surface area contributed by atoms with E-state index in [2.05, 4.69) is 0 Å². The Bertz CT molecular complexity index is 528. The van der Waals surface area contributed by atoms with Crippen molar-refractivity contribution in [1.82, 2.24) is 4.90 Å². The molecule has 1 atom stereocenters. The first kappa shape index (κ1) is 17.9. The van der Waals surface area contributed by atoms with E-state index in [4.69, 9.17) is 5.73 Å². The van der Waals surface area contributed by atoms with Gasteiger partial charge in [-0.05, 0) is 31.2 Å². The van der Waals surface area contributed by atoms with Crippen LogP contribution in [0.2, 0.25) is 0 Å². The summed E-state index contributed by atoms with van der Waals surface area (Å²) in [4.78, 5) is 13.8. The average molecular weight is 307 g/mol. The fraction of sp³-hybridized carbons (Fsp3) is 0.417. The fourth-order valence-electron chi connectivity index (χ4n) is 1.41. The summed E-state index contributed by atoms with van der Waals surface area (Å²) < 4.78 is 22.6. The van der Waals surface area contributed by atoms with Gasteiger partial charge in [-0.3, -0.25) is 4.79 Å². The largest absolute Gasteiger partial charge is 0.338 e. The molecule has 7 heteroatoms. The number of amides is 1. The van der Waals surface area contributed by atoms with E-state index in [0.717, 1.165) is 6.26 Å². The first-order chi connectivity index (χ1) is 8.27. The molecule has 1 aromatic rings. The first-order valence-corrected chi connectivity index (χ1v) is 7.44. The predicted octanol–water partition coefficient (Wildman–Crippen LogP) is 0.931. The molecule has 19 heavy (non-hydrogen) atoms. The standard InChI is InChI=1S/C12H18N2O3S.ClH/c1-9(8-13)14(2)12(15)10-4-6-11(7-5-10)18(3,16)17;/h4-7,9H,8,13H2,1-3H3;1H. The lowest BCUT2D eigenvalue weighted by atomic mass is 10.2. The minimum absolute atomic E-state index is 0. The number of carbonyl (C=O) groups excluding carboxylic acids is 1. The smallest absolute Gasteiger partial charge is 0.253 e. The topological polar surface area (TPSA) is 80.5 Å². The quantitative estimate of drug-likeness (QED) is 0.897. The van der Waals surface area contributed by atoms with Crippen LogP contribution in [0, 0.1) is 0 Å². The number of hydrogen-bond donors (Lipinski definition) is 1. The van der Waals surface area contributed by atoms with Crippen molar-refractivity contribution in [2.45, 2.75) is 17.9 Å². The molecule has 5 nitrogen and oxygen atoms in total. The Morgan fingerprint density at radius 3 is 2.16 bits per heavy atom. The van der Waals surface area contributed by atoms with Crippen molar-refractivity contribution in [2.24, 2.45) is 5.73 Å². The van der Waals surface area contributed by atoms with Crippen LogP contribution in [0.25, 0.3) is 0 Å². The zero-order chi connectivity index (χ0) is 13.9. The molecule has 0 spiro atoms. The minimum atomic E-state index is -3.23. The third-order valence-electron chi connectivity index (χ3n) is 2.85. The average Bonchev–Trinajstić information content (AvgIpc) is 2.35. The molecule has 0 bridgehead atoms. The Kier molecular flexibility index (Phi) is 6.48. The lowest BCUT2D eigenvalue weighted by Crippen LogP contribution is -2.39. The molecule has 1 rings (SSSR count). The fourth-order valence-corrected chi connectivity index (χ4v) is 2.04. The second-order valence-corrected chi connectivity index (χ2v) is 6.31. The summed E-state index contributed by atoms with van der Waals surface area (Å²) in [6.45, 7) is 2.23. The number of rotatable bonds is 4. The van der Waals surface area contributed by atoms with Crippen LogP contribution in [0.4, 0.5) is 0 Å². The van der Waals surface area contributed by atoms with E-state index >= 15 is 0 Å². The highest BCUT2D eigenvalue weighted by Gasteiger charge is 2.17. The van der Waals surface area contributed by atoms with Gasteiger partial charge in [0.25, 0.3) is 5.91 Å². The normalized spacial score (nSPS) is 12.4. The van der Waals surface area contributed by atoms with Gasteiger partial charge in [0.05, 0.1) is 4.90 Å². The van der Waals surface area contributed by atoms with E-state index in [1.807, 2.05) is 6.92 Å². The second-order valence-electron chi connectivity index (χ2n) is 4.30. The summed E-state index contributed by atoms with van der Waals surface area (Å²) in [7, 11) is -1.56. The number of halogens is 1. The molecule has 2 N–H and O–H groups in total. The summed E-state index contributed by atoms with van der Waals surface area (Å²) in [5, 5.41) is 0. The highest BCUT2D eigenvalue weighted by molar-refractivity contribution is 7.90. The van der Waals surface area contributed by atoms with Crippen LogP contribution in [0.5, 0.6) is 0 Å². The molecule has 0 heterocycles. The van der Waals surface area contributed by atoms with Gasteiger partial charge in [0.15, 0.2) is 9.84 Å². The van der Waals surface area contributed by atoms with Gasteiger partial charge in [-0.1, -0.05) is 0 Å². The first-order valence-electron chi connectivity index (χ1n) is 5.54. The summed E-state index contributed by atoms with van der Waals surface area (Å²) in [5.74, 6) is -0.173. The molecule has 0 aliphatic rings. The molecule has 108 valence electrons. The van der Waals surface area contributed by atoms with Gasteiger partial charge in [0, 0.05) is 31.5 Å². The zero-order valence-electron chi connectivity index (χ0n) is 11.2. The lowest BCUT2D eigenvalue weighted by molar-refractivity contribution is 0.0748. The summed E-state index contributed by atoms with van der Waals surface area (Å²) in [5.41, 5.74) is 5.95. The van der Waals surface area contributed by atoms with Crippen LogP contribution in [0.3, 0.4) is 0 Å². The molecule has 0 radical (unpaired) electrons. The van der Waals surface area contributed by atoms with Crippen LogP contribution >= 0.6 is 12.4 Å². The number of benzene rings is 1. The van der Waals surface area contributed by atoms with Crippen LogP contribution in [0.15, 0.2) is 29.2 Å². The van der Waals surface area contributed by atoms with Gasteiger partial charge in [-0.15, -0.1) is 12.4 Å². The number of sulfone groups is 1. The van der Waals surface area contributed by atoms with Crippen molar-refractivity contribution in [1.29, 1.82) is 0 Å². The maximum Gasteiger partial charge on any atom is 0.253 e. The third-order valence-corrected chi connectivity index (χ3v) is 3.98. The summed E-state index contributed by atoms with van der Waals surface area (Å²) in [6, 6.07) is 5.83. The minimum Gasteiger partial charge on any atom is -0.338 e. The molecule has 0 aromatic heterocycles. The monoisotopic (exact) mass is 306 g/mol. The second kappa shape index (κ2) is 6.88. The highest BCUT2D eigenvalue weighted by atomic mass is 35.5. The Morgan fingerprint density at radius 2 is 1.79 bits per heavy atom. The Balaban J connectivity index is 0.00000324. The van der Waals surface area contributed by atoms with E-state index in [9.17, 15) is 13.2 Å². The zero-order valence-corrected chi connectivity index (χ0v) is 12.8. The highest BCUT2D eigenvalue weighted by Crippen LogP contribution is 2.12. The van der Waals surface area contributed by atoms with Gasteiger partial charge in [-0.25, -0.2) is 8.42 Å². The Hall–Kier alpha value is -1.11.